The van der Waals surface area contributed by atoms with Crippen LogP contribution in [0.5, 0.6) is 0 Å². The Hall–Kier alpha value is 1.86. The zero-order chi connectivity index (χ0) is 3.58. The number of rotatable bonds is 0. The second-order valence-electron chi connectivity index (χ2n) is 0.346. The van der Waals surface area contributed by atoms with Crippen molar-refractivity contribution in [3.05, 3.63) is 0 Å². The molecule has 6 heteroatoms. The molecule has 0 rings (SSSR count). The molecule has 3 N–H and O–H groups in total. The molecule has 0 saturated carbocycles. The van der Waals surface area contributed by atoms with Crippen LogP contribution in [0.1, 0.15) is 0 Å². The second-order valence-corrected chi connectivity index (χ2v) is 0.346. The molecule has 0 heterocycles. The first-order valence-corrected chi connectivity index (χ1v) is 0.775. The zero-order valence-electron chi connectivity index (χ0n) is 2.63. The van der Waals surface area contributed by atoms with Crippen molar-refractivity contribution in [2.75, 3.05) is 0 Å². The fourth-order valence-electron chi connectivity index (χ4n) is 0. The topological polar surface area (TPSA) is 60.7 Å². The molecule has 0 spiro atoms. The Balaban J connectivity index is -0.0000000450. The Morgan fingerprint density at radius 3 is 1.00 bits per heavy atom. The van der Waals surface area contributed by atoms with E-state index in [9.17, 15) is 0 Å². The van der Waals surface area contributed by atoms with Crippen LogP contribution in [0, 0.1) is 0 Å². The van der Waals surface area contributed by atoms with Gasteiger partial charge in [0.15, 0.2) is 0 Å². The molecule has 0 aromatic carbocycles. The molecule has 1 unspecified atom stereocenters. The van der Waals surface area contributed by atoms with Gasteiger partial charge in [-0.2, -0.15) is 9.90 Å². The predicted octanol–water partition coefficient (Wildman–Crippen LogP) is -2.91. The summed E-state index contributed by atoms with van der Waals surface area (Å²) in [5, 5.41) is 21.5. The van der Waals surface area contributed by atoms with Gasteiger partial charge in [-0.15, -0.1) is 0 Å². The van der Waals surface area contributed by atoms with E-state index in [0.29, 0.717) is 0 Å². The maximum absolute atomic E-state index is 7.17. The molecular formula is H8BO3PSr. The van der Waals surface area contributed by atoms with Gasteiger partial charge in [-0.25, -0.2) is 0 Å². The molecule has 1 atom stereocenters. The van der Waals surface area contributed by atoms with E-state index in [1.165, 1.54) is 0 Å². The van der Waals surface area contributed by atoms with E-state index >= 15 is 0 Å². The molecule has 0 bridgehead atoms. The van der Waals surface area contributed by atoms with Gasteiger partial charge in [0, 0.05) is 0 Å². The first-order chi connectivity index (χ1) is 1.73. The Morgan fingerprint density at radius 1 is 1.00 bits per heavy atom. The summed E-state index contributed by atoms with van der Waals surface area (Å²) in [4.78, 5) is 0. The molecule has 0 amide bonds. The molecular weight excluding hydrogens is 177 g/mol. The SMILES string of the molecule is OB(O)O.P.[SrH2]. The van der Waals surface area contributed by atoms with E-state index in [1.54, 1.807) is 0 Å². The van der Waals surface area contributed by atoms with Crippen LogP contribution in [0.3, 0.4) is 0 Å². The van der Waals surface area contributed by atoms with Crippen molar-refractivity contribution in [3.63, 3.8) is 0 Å². The summed E-state index contributed by atoms with van der Waals surface area (Å²) in [5.41, 5.74) is 0. The van der Waals surface area contributed by atoms with E-state index in [4.69, 9.17) is 15.1 Å². The predicted molar refractivity (Wildman–Crippen MR) is 32.1 cm³/mol. The van der Waals surface area contributed by atoms with Gasteiger partial charge in [0.05, 0.1) is 0 Å². The minimum absolute atomic E-state index is 0. The van der Waals surface area contributed by atoms with E-state index < -0.39 is 7.32 Å². The average Bonchev–Trinajstić information content (AvgIpc) is 0.811. The molecule has 6 heavy (non-hydrogen) atoms. The van der Waals surface area contributed by atoms with Gasteiger partial charge in [-0.05, 0) is 0 Å². The normalized spacial score (nSPS) is 4.50. The fourth-order valence-corrected chi connectivity index (χ4v) is 0. The van der Waals surface area contributed by atoms with E-state index in [2.05, 4.69) is 0 Å². The number of hydrogen-bond acceptors (Lipinski definition) is 3. The van der Waals surface area contributed by atoms with Crippen LogP contribution in [0.4, 0.5) is 0 Å². The molecule has 36 valence electrons. The molecule has 3 nitrogen and oxygen atoms in total. The van der Waals surface area contributed by atoms with Crippen LogP contribution in [0.2, 0.25) is 0 Å². The quantitative estimate of drug-likeness (QED) is 0.280. The second kappa shape index (κ2) is 9.97. The minimum atomic E-state index is -2.17. The van der Waals surface area contributed by atoms with Crippen molar-refractivity contribution in [1.29, 1.82) is 0 Å². The third-order valence-corrected chi connectivity index (χ3v) is 0. The Labute approximate surface area is 76.8 Å². The molecule has 0 aliphatic heterocycles. The van der Waals surface area contributed by atoms with E-state index in [-0.39, 0.29) is 55.4 Å². The molecule has 0 saturated heterocycles. The Morgan fingerprint density at radius 2 is 1.00 bits per heavy atom. The Bertz CT molecular complexity index is 15.5. The zero-order valence-corrected chi connectivity index (χ0v) is 4.04. The van der Waals surface area contributed by atoms with Gasteiger partial charge in [0.25, 0.3) is 0 Å². The molecule has 0 aliphatic carbocycles. The summed E-state index contributed by atoms with van der Waals surface area (Å²) in [6.07, 6.45) is 0. The maximum atomic E-state index is 7.17. The molecule has 0 aromatic rings. The van der Waals surface area contributed by atoms with Crippen LogP contribution >= 0.6 is 9.90 Å². The van der Waals surface area contributed by atoms with Gasteiger partial charge in [0.1, 0.15) is 0 Å². The van der Waals surface area contributed by atoms with Crippen molar-refractivity contribution >= 4 is 62.7 Å². The third kappa shape index (κ3) is 40.1. The van der Waals surface area contributed by atoms with Gasteiger partial charge >= 0.3 is 52.8 Å². The Kier molecular flexibility index (Phi) is 26.0. The molecule has 0 aromatic heterocycles. The van der Waals surface area contributed by atoms with E-state index in [1.807, 2.05) is 0 Å². The summed E-state index contributed by atoms with van der Waals surface area (Å²) in [5.74, 6) is 0. The van der Waals surface area contributed by atoms with Crippen LogP contribution < -0.4 is 0 Å². The van der Waals surface area contributed by atoms with Crippen molar-refractivity contribution in [2.45, 2.75) is 0 Å². The summed E-state index contributed by atoms with van der Waals surface area (Å²) < 4.78 is 0. The fraction of sp³-hybridized carbons (Fsp3) is 0. The van der Waals surface area contributed by atoms with Crippen LogP contribution in [-0.4, -0.2) is 67.9 Å². The summed E-state index contributed by atoms with van der Waals surface area (Å²) in [7, 11) is -2.17. The standard InChI is InChI=1S/BH3O3.H3P.Sr.2H/c2-1(3)4;;;;/h2-4H;1H3;;;. The van der Waals surface area contributed by atoms with Gasteiger partial charge in [-0.1, -0.05) is 0 Å². The van der Waals surface area contributed by atoms with Crippen molar-refractivity contribution < 1.29 is 15.1 Å². The van der Waals surface area contributed by atoms with Gasteiger partial charge < -0.3 is 15.1 Å². The molecule has 0 aliphatic rings. The molecule has 0 radical (unpaired) electrons. The average molecular weight is 185 g/mol. The van der Waals surface area contributed by atoms with Gasteiger partial charge in [-0.3, -0.25) is 0 Å². The van der Waals surface area contributed by atoms with E-state index in [0.717, 1.165) is 0 Å². The van der Waals surface area contributed by atoms with Crippen molar-refractivity contribution in [2.24, 2.45) is 0 Å². The summed E-state index contributed by atoms with van der Waals surface area (Å²) in [6.45, 7) is 0. The van der Waals surface area contributed by atoms with Crippen molar-refractivity contribution in [1.82, 2.24) is 0 Å². The van der Waals surface area contributed by atoms with Crippen LogP contribution in [0.25, 0.3) is 0 Å². The van der Waals surface area contributed by atoms with Crippen LogP contribution in [0.15, 0.2) is 0 Å². The van der Waals surface area contributed by atoms with Crippen LogP contribution in [-0.2, 0) is 0 Å². The summed E-state index contributed by atoms with van der Waals surface area (Å²) in [6, 6.07) is 0. The van der Waals surface area contributed by atoms with Gasteiger partial charge in [0.2, 0.25) is 0 Å². The monoisotopic (exact) mass is 186 g/mol. The first-order valence-electron chi connectivity index (χ1n) is 0.775. The third-order valence-electron chi connectivity index (χ3n) is 0. The van der Waals surface area contributed by atoms with Crippen molar-refractivity contribution in [3.8, 4) is 0 Å². The number of hydrogen-bond donors (Lipinski definition) is 3. The summed E-state index contributed by atoms with van der Waals surface area (Å²) >= 11 is 0. The molecule has 0 fully saturated rings. The first kappa shape index (κ1) is 15.7.